The lowest BCUT2D eigenvalue weighted by Crippen LogP contribution is -2.30. The molecule has 1 atom stereocenters. The lowest BCUT2D eigenvalue weighted by Gasteiger charge is -2.19. The average Bonchev–Trinajstić information content (AvgIpc) is 3.15. The Balaban J connectivity index is 1.62. The molecule has 0 aliphatic carbocycles. The minimum Gasteiger partial charge on any atom is -0.388 e. The van der Waals surface area contributed by atoms with Crippen molar-refractivity contribution < 1.29 is 13.6 Å². The Morgan fingerprint density at radius 2 is 2.03 bits per heavy atom. The molecule has 0 radical (unpaired) electrons. The third-order valence-electron chi connectivity index (χ3n) is 5.81. The monoisotopic (exact) mass is 458 g/mol. The Labute approximate surface area is 193 Å². The molecule has 0 spiro atoms. The molecule has 1 aliphatic heterocycles. The zero-order chi connectivity index (χ0) is 23.3. The van der Waals surface area contributed by atoms with Crippen LogP contribution in [0.2, 0.25) is 5.02 Å². The van der Waals surface area contributed by atoms with Gasteiger partial charge in [-0.15, -0.1) is 0 Å². The minimum atomic E-state index is -0.960. The van der Waals surface area contributed by atoms with E-state index in [0.29, 0.717) is 35.9 Å². The highest BCUT2D eigenvalue weighted by Gasteiger charge is 2.34. The normalized spacial score (nSPS) is 16.5. The molecule has 1 N–H and O–H groups in total. The average molecular weight is 459 g/mol. The van der Waals surface area contributed by atoms with Crippen LogP contribution in [0.5, 0.6) is 0 Å². The van der Waals surface area contributed by atoms with Crippen molar-refractivity contribution in [1.29, 1.82) is 0 Å². The van der Waals surface area contributed by atoms with Crippen LogP contribution in [-0.4, -0.2) is 19.0 Å². The first kappa shape index (κ1) is 24.0. The molecule has 1 amide bonds. The van der Waals surface area contributed by atoms with Gasteiger partial charge in [0.2, 0.25) is 5.91 Å². The van der Waals surface area contributed by atoms with Gasteiger partial charge < -0.3 is 10.2 Å². The number of anilines is 1. The molecule has 1 fully saturated rings. The number of nitrogens with zero attached hydrogens (tertiary/aromatic N) is 1. The summed E-state index contributed by atoms with van der Waals surface area (Å²) in [7, 11) is 0. The number of carbonyl (C=O) groups excluding carboxylic acids is 1. The van der Waals surface area contributed by atoms with Crippen molar-refractivity contribution in [2.45, 2.75) is 39.5 Å². The Morgan fingerprint density at radius 3 is 2.75 bits per heavy atom. The van der Waals surface area contributed by atoms with Gasteiger partial charge in [0.25, 0.3) is 0 Å². The highest BCUT2D eigenvalue weighted by atomic mass is 35.5. The molecule has 32 heavy (non-hydrogen) atoms. The first-order chi connectivity index (χ1) is 15.3. The quantitative estimate of drug-likeness (QED) is 0.455. The number of rotatable bonds is 9. The maximum absolute atomic E-state index is 13.6. The van der Waals surface area contributed by atoms with E-state index in [2.05, 4.69) is 31.8 Å². The summed E-state index contributed by atoms with van der Waals surface area (Å²) in [5.74, 6) is -2.43. The minimum absolute atomic E-state index is 0.152. The van der Waals surface area contributed by atoms with Gasteiger partial charge in [0.05, 0.1) is 5.92 Å². The molecule has 2 aromatic carbocycles. The Bertz CT molecular complexity index is 1030. The summed E-state index contributed by atoms with van der Waals surface area (Å²) in [5.41, 5.74) is 4.54. The first-order valence-electron chi connectivity index (χ1n) is 11.0. The molecule has 1 aliphatic rings. The Morgan fingerprint density at radius 1 is 1.25 bits per heavy atom. The molecule has 1 heterocycles. The van der Waals surface area contributed by atoms with Crippen molar-refractivity contribution in [2.24, 2.45) is 5.92 Å². The van der Waals surface area contributed by atoms with E-state index in [1.54, 1.807) is 0 Å². The summed E-state index contributed by atoms with van der Waals surface area (Å²) in [6.07, 6.45) is 5.63. The number of carbonyl (C=O) groups is 1. The number of halogens is 3. The van der Waals surface area contributed by atoms with E-state index in [4.69, 9.17) is 11.6 Å². The summed E-state index contributed by atoms with van der Waals surface area (Å²) in [4.78, 5) is 14.4. The van der Waals surface area contributed by atoms with Crippen LogP contribution in [0, 0.1) is 24.5 Å². The summed E-state index contributed by atoms with van der Waals surface area (Å²) in [6, 6.07) is 9.43. The zero-order valence-electron chi connectivity index (χ0n) is 18.6. The van der Waals surface area contributed by atoms with Crippen molar-refractivity contribution in [3.8, 4) is 0 Å². The smallest absolute Gasteiger partial charge is 0.236 e. The second-order valence-corrected chi connectivity index (χ2v) is 8.55. The molecule has 0 bridgehead atoms. The van der Waals surface area contributed by atoms with Crippen molar-refractivity contribution in [3.63, 3.8) is 0 Å². The van der Waals surface area contributed by atoms with E-state index in [0.717, 1.165) is 37.0 Å². The lowest BCUT2D eigenvalue weighted by molar-refractivity contribution is -0.119. The number of unbranched alkanes of at least 4 members (excludes halogenated alkanes) is 1. The number of aryl methyl sites for hydroxylation is 1. The van der Waals surface area contributed by atoms with Crippen molar-refractivity contribution in [3.05, 3.63) is 82.5 Å². The first-order valence-corrected chi connectivity index (χ1v) is 11.3. The van der Waals surface area contributed by atoms with Gasteiger partial charge in [-0.1, -0.05) is 43.7 Å². The van der Waals surface area contributed by atoms with Gasteiger partial charge in [-0.3, -0.25) is 4.79 Å². The van der Waals surface area contributed by atoms with E-state index in [1.807, 2.05) is 18.2 Å². The fourth-order valence-electron chi connectivity index (χ4n) is 4.00. The maximum atomic E-state index is 13.6. The molecule has 1 unspecified atom stereocenters. The third kappa shape index (κ3) is 5.57. The number of benzene rings is 2. The molecular weight excluding hydrogens is 430 g/mol. The number of hydrogen-bond donors (Lipinski definition) is 1. The van der Waals surface area contributed by atoms with Gasteiger partial charge in [0.1, 0.15) is 0 Å². The van der Waals surface area contributed by atoms with Crippen LogP contribution in [0.3, 0.4) is 0 Å². The number of nitrogens with one attached hydrogen (secondary N) is 1. The van der Waals surface area contributed by atoms with Gasteiger partial charge in [0, 0.05) is 35.6 Å². The van der Waals surface area contributed by atoms with Crippen molar-refractivity contribution >= 4 is 28.8 Å². The fourth-order valence-corrected chi connectivity index (χ4v) is 4.17. The predicted octanol–water partition coefficient (Wildman–Crippen LogP) is 6.66. The third-order valence-corrected chi connectivity index (χ3v) is 6.05. The summed E-state index contributed by atoms with van der Waals surface area (Å²) in [6.45, 7) is 9.37. The molecule has 0 aromatic heterocycles. The Hall–Kier alpha value is -2.66. The van der Waals surface area contributed by atoms with Crippen LogP contribution < -0.4 is 10.2 Å². The molecular formula is C26H29ClF2N2O. The van der Waals surface area contributed by atoms with E-state index < -0.39 is 11.6 Å². The molecule has 1 saturated heterocycles. The van der Waals surface area contributed by atoms with Gasteiger partial charge in [-0.25, -0.2) is 8.78 Å². The Kier molecular flexibility index (Phi) is 8.08. The van der Waals surface area contributed by atoms with Crippen LogP contribution in [0.15, 0.2) is 54.8 Å². The van der Waals surface area contributed by atoms with E-state index in [9.17, 15) is 13.6 Å². The van der Waals surface area contributed by atoms with Gasteiger partial charge in [-0.2, -0.15) is 0 Å². The van der Waals surface area contributed by atoms with Crippen molar-refractivity contribution in [2.75, 3.05) is 18.0 Å². The molecule has 3 nitrogen and oxygen atoms in total. The molecule has 0 saturated carbocycles. The fraction of sp³-hybridized carbons (Fsp3) is 0.346. The van der Waals surface area contributed by atoms with E-state index >= 15 is 0 Å². The van der Waals surface area contributed by atoms with Crippen molar-refractivity contribution in [1.82, 2.24) is 5.32 Å². The van der Waals surface area contributed by atoms with Gasteiger partial charge in [0.15, 0.2) is 11.6 Å². The molecule has 6 heteroatoms. The summed E-state index contributed by atoms with van der Waals surface area (Å²) < 4.78 is 26.8. The topological polar surface area (TPSA) is 32.3 Å². The van der Waals surface area contributed by atoms with Crippen LogP contribution in [0.4, 0.5) is 14.5 Å². The number of hydrogen-bond acceptors (Lipinski definition) is 2. The van der Waals surface area contributed by atoms with Crippen LogP contribution in [0.25, 0.3) is 5.57 Å². The van der Waals surface area contributed by atoms with Gasteiger partial charge in [-0.05, 0) is 67.2 Å². The van der Waals surface area contributed by atoms with Crippen LogP contribution in [-0.2, 0) is 4.79 Å². The summed E-state index contributed by atoms with van der Waals surface area (Å²) >= 11 is 6.22. The van der Waals surface area contributed by atoms with Crippen LogP contribution in [0.1, 0.15) is 43.7 Å². The van der Waals surface area contributed by atoms with E-state index in [-0.39, 0.29) is 11.8 Å². The standard InChI is InChI=1S/C26H29ClF2N2O/c1-4-5-6-19(23-15-20(27)8-7-17(23)2)11-13-30-18(3)22-12-14-31(26(22)32)21-9-10-24(28)25(29)16-21/h6-10,15-16,22,30H,3-5,11-14H2,1-2H3/b19-6-. The number of allylic oxidation sites excluding steroid dienone is 1. The SMILES string of the molecule is C=C(NCC/C(=C/CCC)c1cc(Cl)ccc1C)C1CCN(c2ccc(F)c(F)c2)C1=O. The largest absolute Gasteiger partial charge is 0.388 e. The molecule has 2 aromatic rings. The molecule has 170 valence electrons. The van der Waals surface area contributed by atoms with Crippen LogP contribution >= 0.6 is 11.6 Å². The number of amides is 1. The predicted molar refractivity (Wildman–Crippen MR) is 128 cm³/mol. The maximum Gasteiger partial charge on any atom is 0.236 e. The van der Waals surface area contributed by atoms with Gasteiger partial charge >= 0.3 is 0 Å². The highest BCUT2D eigenvalue weighted by Crippen LogP contribution is 2.30. The second-order valence-electron chi connectivity index (χ2n) is 8.11. The van der Waals surface area contributed by atoms with E-state index in [1.165, 1.54) is 22.1 Å². The highest BCUT2D eigenvalue weighted by molar-refractivity contribution is 6.30. The molecule has 3 rings (SSSR count). The summed E-state index contributed by atoms with van der Waals surface area (Å²) in [5, 5.41) is 4.02. The second kappa shape index (κ2) is 10.8. The lowest BCUT2D eigenvalue weighted by atomic mass is 9.96. The zero-order valence-corrected chi connectivity index (χ0v) is 19.3.